The van der Waals surface area contributed by atoms with Crippen molar-refractivity contribution in [1.29, 1.82) is 0 Å². The Morgan fingerprint density at radius 3 is 2.62 bits per heavy atom. The van der Waals surface area contributed by atoms with Gasteiger partial charge in [-0.25, -0.2) is 15.0 Å². The van der Waals surface area contributed by atoms with Crippen molar-refractivity contribution in [3.8, 4) is 5.69 Å². The molecule has 5 N–H and O–H groups in total. The molecule has 0 bridgehead atoms. The largest absolute Gasteiger partial charge is 0.382 e. The van der Waals surface area contributed by atoms with Gasteiger partial charge < -0.3 is 10.8 Å². The second-order valence-electron chi connectivity index (χ2n) is 7.33. The minimum absolute atomic E-state index is 0.350. The third kappa shape index (κ3) is 3.92. The zero-order valence-corrected chi connectivity index (χ0v) is 17.1. The van der Waals surface area contributed by atoms with E-state index in [1.165, 1.54) is 6.33 Å². The van der Waals surface area contributed by atoms with E-state index in [1.54, 1.807) is 6.33 Å². The van der Waals surface area contributed by atoms with E-state index in [0.717, 1.165) is 22.5 Å². The highest BCUT2D eigenvalue weighted by molar-refractivity contribution is 5.82. The average molecular weight is 427 g/mol. The van der Waals surface area contributed by atoms with Gasteiger partial charge in [-0.2, -0.15) is 0 Å². The van der Waals surface area contributed by atoms with Crippen molar-refractivity contribution in [1.82, 2.24) is 40.2 Å². The molecule has 0 aliphatic rings. The number of aromatic amines is 1. The van der Waals surface area contributed by atoms with E-state index in [1.807, 2.05) is 59.2 Å². The molecule has 160 valence electrons. The van der Waals surface area contributed by atoms with Crippen LogP contribution >= 0.6 is 0 Å². The molecule has 5 aromatic rings. The topological polar surface area (TPSA) is 143 Å². The number of aliphatic hydroxyl groups excluding tert-OH is 1. The lowest BCUT2D eigenvalue weighted by molar-refractivity contribution is 0.131. The van der Waals surface area contributed by atoms with Crippen LogP contribution in [0.2, 0.25) is 0 Å². The van der Waals surface area contributed by atoms with Crippen molar-refractivity contribution in [3.05, 3.63) is 89.8 Å². The number of aromatic nitrogens is 7. The number of fused-ring (bicyclic) bond motifs is 1. The molecular formula is C22H21N9O. The third-order valence-corrected chi connectivity index (χ3v) is 5.21. The number of nitrogens with one attached hydrogen (secondary N) is 2. The monoisotopic (exact) mass is 427 g/mol. The molecule has 3 heterocycles. The predicted octanol–water partition coefficient (Wildman–Crippen LogP) is 1.89. The van der Waals surface area contributed by atoms with E-state index in [9.17, 15) is 5.11 Å². The molecule has 10 heteroatoms. The quantitative estimate of drug-likeness (QED) is 0.288. The maximum absolute atomic E-state index is 10.6. The van der Waals surface area contributed by atoms with Crippen LogP contribution in [0.15, 0.2) is 67.3 Å². The van der Waals surface area contributed by atoms with Crippen LogP contribution in [-0.4, -0.2) is 40.0 Å². The molecule has 2 aromatic carbocycles. The van der Waals surface area contributed by atoms with Crippen LogP contribution in [0.1, 0.15) is 28.7 Å². The van der Waals surface area contributed by atoms with Crippen LogP contribution in [0.5, 0.6) is 0 Å². The fourth-order valence-electron chi connectivity index (χ4n) is 3.53. The first-order valence-corrected chi connectivity index (χ1v) is 10.1. The third-order valence-electron chi connectivity index (χ3n) is 5.21. The molecule has 0 radical (unpaired) electrons. The molecular weight excluding hydrogens is 406 g/mol. The lowest BCUT2D eigenvalue weighted by Gasteiger charge is -2.12. The fourth-order valence-corrected chi connectivity index (χ4v) is 3.53. The highest BCUT2D eigenvalue weighted by atomic mass is 16.3. The van der Waals surface area contributed by atoms with Crippen LogP contribution in [0.25, 0.3) is 16.9 Å². The lowest BCUT2D eigenvalue weighted by Crippen LogP contribution is -2.22. The van der Waals surface area contributed by atoms with E-state index in [4.69, 9.17) is 5.73 Å². The average Bonchev–Trinajstić information content (AvgIpc) is 3.47. The van der Waals surface area contributed by atoms with Gasteiger partial charge in [-0.1, -0.05) is 47.7 Å². The van der Waals surface area contributed by atoms with Crippen LogP contribution in [-0.2, 0) is 13.0 Å². The first kappa shape index (κ1) is 19.8. The number of hydrogen-bond acceptors (Lipinski definition) is 8. The minimum atomic E-state index is -0.940. The van der Waals surface area contributed by atoms with Gasteiger partial charge in [0.05, 0.1) is 5.69 Å². The van der Waals surface area contributed by atoms with Crippen molar-refractivity contribution < 1.29 is 5.11 Å². The number of rotatable bonds is 7. The van der Waals surface area contributed by atoms with Gasteiger partial charge in [0.25, 0.3) is 0 Å². The number of H-pyrrole nitrogens is 1. The molecule has 1 unspecified atom stereocenters. The molecule has 0 aliphatic heterocycles. The zero-order chi connectivity index (χ0) is 21.9. The Morgan fingerprint density at radius 1 is 1.00 bits per heavy atom. The Morgan fingerprint density at radius 2 is 1.81 bits per heavy atom. The molecule has 0 saturated carbocycles. The molecule has 10 nitrogen and oxygen atoms in total. The Hall–Kier alpha value is -4.15. The second-order valence-corrected chi connectivity index (χ2v) is 7.33. The number of hydrogen-bond donors (Lipinski definition) is 4. The van der Waals surface area contributed by atoms with Crippen molar-refractivity contribution in [2.24, 2.45) is 0 Å². The molecule has 0 spiro atoms. The minimum Gasteiger partial charge on any atom is -0.382 e. The predicted molar refractivity (Wildman–Crippen MR) is 119 cm³/mol. The summed E-state index contributed by atoms with van der Waals surface area (Å²) < 4.78 is 1.85. The fraction of sp³-hybridized carbons (Fsp3) is 0.136. The van der Waals surface area contributed by atoms with E-state index in [2.05, 4.69) is 35.7 Å². The van der Waals surface area contributed by atoms with Gasteiger partial charge >= 0.3 is 0 Å². The van der Waals surface area contributed by atoms with E-state index < -0.39 is 6.23 Å². The van der Waals surface area contributed by atoms with Gasteiger partial charge in [-0.15, -0.1) is 5.10 Å². The van der Waals surface area contributed by atoms with Gasteiger partial charge in [0.2, 0.25) is 0 Å². The number of nitrogens with two attached hydrogens (primary N) is 1. The van der Waals surface area contributed by atoms with Gasteiger partial charge in [0, 0.05) is 18.7 Å². The first-order valence-electron chi connectivity index (χ1n) is 10.1. The Labute approximate surface area is 183 Å². The second kappa shape index (κ2) is 8.53. The Kier molecular flexibility index (Phi) is 5.28. The van der Waals surface area contributed by atoms with E-state index in [0.29, 0.717) is 35.6 Å². The smallest absolute Gasteiger partial charge is 0.170 e. The normalized spacial score (nSPS) is 12.3. The van der Waals surface area contributed by atoms with Crippen LogP contribution < -0.4 is 11.1 Å². The number of anilines is 1. The highest BCUT2D eigenvalue weighted by Crippen LogP contribution is 2.20. The summed E-state index contributed by atoms with van der Waals surface area (Å²) in [5, 5.41) is 24.5. The molecule has 32 heavy (non-hydrogen) atoms. The summed E-state index contributed by atoms with van der Waals surface area (Å²) in [5.74, 6) is 0.350. The van der Waals surface area contributed by atoms with Crippen LogP contribution in [0.4, 0.5) is 5.82 Å². The van der Waals surface area contributed by atoms with Gasteiger partial charge in [-0.3, -0.25) is 15.0 Å². The molecule has 0 aliphatic carbocycles. The van der Waals surface area contributed by atoms with E-state index >= 15 is 0 Å². The zero-order valence-electron chi connectivity index (χ0n) is 17.1. The molecule has 0 fully saturated rings. The summed E-state index contributed by atoms with van der Waals surface area (Å²) in [7, 11) is 0. The summed E-state index contributed by atoms with van der Waals surface area (Å²) in [5.41, 5.74) is 11.4. The maximum atomic E-state index is 10.6. The highest BCUT2D eigenvalue weighted by Gasteiger charge is 2.17. The maximum Gasteiger partial charge on any atom is 0.170 e. The summed E-state index contributed by atoms with van der Waals surface area (Å²) in [6.45, 7) is 0.457. The summed E-state index contributed by atoms with van der Waals surface area (Å²) in [4.78, 5) is 12.5. The first-order chi connectivity index (χ1) is 15.7. The summed E-state index contributed by atoms with van der Waals surface area (Å²) in [6, 6.07) is 17.8. The number of imidazole rings is 1. The number of aliphatic hydroxyl groups is 1. The lowest BCUT2D eigenvalue weighted by atomic mass is 10.1. The van der Waals surface area contributed by atoms with Crippen LogP contribution in [0, 0.1) is 0 Å². The van der Waals surface area contributed by atoms with Crippen molar-refractivity contribution >= 4 is 17.0 Å². The molecule has 3 aromatic heterocycles. The van der Waals surface area contributed by atoms with Crippen LogP contribution in [0.3, 0.4) is 0 Å². The molecule has 0 saturated heterocycles. The SMILES string of the molecule is Nc1ncnc2c1ncn2-c1ccc(CNC(O)c2nn[nH]c2Cc2ccccc2)cc1. The van der Waals surface area contributed by atoms with Gasteiger partial charge in [0.15, 0.2) is 23.2 Å². The Balaban J connectivity index is 1.26. The molecule has 1 atom stereocenters. The van der Waals surface area contributed by atoms with Crippen molar-refractivity contribution in [2.45, 2.75) is 19.2 Å². The standard InChI is InChI=1S/C22H21N9O/c23-20-19-21(26-12-25-20)31(13-27-19)16-8-6-15(7-9-16)11-24-22(32)18-17(28-30-29-18)10-14-4-2-1-3-5-14/h1-9,12-13,22,24,32H,10-11H2,(H2,23,25,26)(H,28,29,30). The summed E-state index contributed by atoms with van der Waals surface area (Å²) in [6.07, 6.45) is 2.77. The van der Waals surface area contributed by atoms with Crippen molar-refractivity contribution in [2.75, 3.05) is 5.73 Å². The number of nitrogens with zero attached hydrogens (tertiary/aromatic N) is 6. The van der Waals surface area contributed by atoms with Crippen molar-refractivity contribution in [3.63, 3.8) is 0 Å². The molecule has 0 amide bonds. The Bertz CT molecular complexity index is 1330. The summed E-state index contributed by atoms with van der Waals surface area (Å²) >= 11 is 0. The number of benzene rings is 2. The van der Waals surface area contributed by atoms with Gasteiger partial charge in [-0.05, 0) is 23.3 Å². The number of nitrogen functional groups attached to an aromatic ring is 1. The molecule has 5 rings (SSSR count). The van der Waals surface area contributed by atoms with E-state index in [-0.39, 0.29) is 0 Å². The van der Waals surface area contributed by atoms with Gasteiger partial charge in [0.1, 0.15) is 18.3 Å².